The lowest BCUT2D eigenvalue weighted by atomic mass is 9.92. The second-order valence-electron chi connectivity index (χ2n) is 5.06. The summed E-state index contributed by atoms with van der Waals surface area (Å²) in [5, 5.41) is 9.15. The van der Waals surface area contributed by atoms with E-state index in [0.29, 0.717) is 4.47 Å². The second kappa shape index (κ2) is 4.45. The molecule has 2 rings (SSSR count). The monoisotopic (exact) mass is 325 g/mol. The van der Waals surface area contributed by atoms with Gasteiger partial charge in [0, 0.05) is 10.9 Å². The van der Waals surface area contributed by atoms with E-state index in [0.717, 1.165) is 4.90 Å². The third-order valence-corrected chi connectivity index (χ3v) is 3.55. The van der Waals surface area contributed by atoms with E-state index in [1.807, 2.05) is 0 Å². The number of benzene rings is 1. The van der Waals surface area contributed by atoms with Crippen molar-refractivity contribution >= 4 is 39.4 Å². The minimum atomic E-state index is -1.17. The van der Waals surface area contributed by atoms with Gasteiger partial charge in [0.15, 0.2) is 0 Å². The highest BCUT2D eigenvalue weighted by atomic mass is 79.9. The molecule has 0 aromatic heterocycles. The van der Waals surface area contributed by atoms with Crippen molar-refractivity contribution in [1.82, 2.24) is 0 Å². The number of nitrogens with zero attached hydrogens (tertiary/aromatic N) is 1. The molecule has 0 aliphatic carbocycles. The fourth-order valence-corrected chi connectivity index (χ4v) is 2.41. The SMILES string of the molecule is CC1(C)CC(=O)N(c2cc(Br)ccc2C(=O)O)C1=O. The Kier molecular flexibility index (Phi) is 3.22. The van der Waals surface area contributed by atoms with Crippen LogP contribution in [0.3, 0.4) is 0 Å². The molecule has 1 aliphatic heterocycles. The maximum absolute atomic E-state index is 12.2. The van der Waals surface area contributed by atoms with Crippen molar-refractivity contribution in [2.24, 2.45) is 5.41 Å². The van der Waals surface area contributed by atoms with Crippen molar-refractivity contribution < 1.29 is 19.5 Å². The Morgan fingerprint density at radius 2 is 2.00 bits per heavy atom. The van der Waals surface area contributed by atoms with Crippen LogP contribution in [0.4, 0.5) is 5.69 Å². The van der Waals surface area contributed by atoms with Crippen LogP contribution in [0.15, 0.2) is 22.7 Å². The van der Waals surface area contributed by atoms with Crippen LogP contribution >= 0.6 is 15.9 Å². The molecule has 2 amide bonds. The Hall–Kier alpha value is -1.69. The predicted molar refractivity (Wildman–Crippen MR) is 72.0 cm³/mol. The summed E-state index contributed by atoms with van der Waals surface area (Å²) in [6, 6.07) is 4.40. The van der Waals surface area contributed by atoms with Crippen LogP contribution in [-0.2, 0) is 9.59 Å². The first kappa shape index (κ1) is 13.7. The molecule has 1 aliphatic rings. The molecule has 1 saturated heterocycles. The van der Waals surface area contributed by atoms with E-state index in [1.165, 1.54) is 12.1 Å². The van der Waals surface area contributed by atoms with Crippen LogP contribution < -0.4 is 4.90 Å². The summed E-state index contributed by atoms with van der Waals surface area (Å²) in [6.07, 6.45) is 0.0808. The van der Waals surface area contributed by atoms with Crippen molar-refractivity contribution in [1.29, 1.82) is 0 Å². The Labute approximate surface area is 118 Å². The predicted octanol–water partition coefficient (Wildman–Crippen LogP) is 2.44. The minimum absolute atomic E-state index is 0.0670. The maximum Gasteiger partial charge on any atom is 0.337 e. The molecule has 100 valence electrons. The fourth-order valence-electron chi connectivity index (χ4n) is 2.06. The average Bonchev–Trinajstić information content (AvgIpc) is 2.47. The Bertz CT molecular complexity index is 594. The summed E-state index contributed by atoms with van der Waals surface area (Å²) in [6.45, 7) is 3.34. The van der Waals surface area contributed by atoms with Gasteiger partial charge in [-0.2, -0.15) is 0 Å². The number of aromatic carboxylic acids is 1. The third kappa shape index (κ3) is 2.28. The number of amides is 2. The smallest absolute Gasteiger partial charge is 0.337 e. The number of carboxylic acids is 1. The number of hydrogen-bond donors (Lipinski definition) is 1. The van der Waals surface area contributed by atoms with Crippen LogP contribution in [0.2, 0.25) is 0 Å². The average molecular weight is 326 g/mol. The highest BCUT2D eigenvalue weighted by molar-refractivity contribution is 9.10. The quantitative estimate of drug-likeness (QED) is 0.847. The van der Waals surface area contributed by atoms with Crippen molar-refractivity contribution in [3.63, 3.8) is 0 Å². The molecule has 0 bridgehead atoms. The molecule has 1 aromatic carbocycles. The number of rotatable bonds is 2. The highest BCUT2D eigenvalue weighted by Gasteiger charge is 2.46. The molecule has 1 fully saturated rings. The number of carbonyl (C=O) groups is 3. The zero-order chi connectivity index (χ0) is 14.4. The second-order valence-corrected chi connectivity index (χ2v) is 5.98. The van der Waals surface area contributed by atoms with E-state index in [1.54, 1.807) is 19.9 Å². The third-order valence-electron chi connectivity index (χ3n) is 3.06. The molecule has 0 radical (unpaired) electrons. The Morgan fingerprint density at radius 1 is 1.37 bits per heavy atom. The zero-order valence-electron chi connectivity index (χ0n) is 10.4. The van der Waals surface area contributed by atoms with Gasteiger partial charge in [-0.3, -0.25) is 9.59 Å². The summed E-state index contributed by atoms with van der Waals surface area (Å²) in [5.74, 6) is -1.93. The minimum Gasteiger partial charge on any atom is -0.478 e. The van der Waals surface area contributed by atoms with E-state index >= 15 is 0 Å². The van der Waals surface area contributed by atoms with Crippen LogP contribution in [0, 0.1) is 5.41 Å². The summed E-state index contributed by atoms with van der Waals surface area (Å²) >= 11 is 3.22. The lowest BCUT2D eigenvalue weighted by molar-refractivity contribution is -0.124. The molecule has 1 heterocycles. The summed E-state index contributed by atoms with van der Waals surface area (Å²) < 4.78 is 0.609. The van der Waals surface area contributed by atoms with Gasteiger partial charge in [-0.1, -0.05) is 29.8 Å². The normalized spacial score (nSPS) is 17.9. The lowest BCUT2D eigenvalue weighted by Gasteiger charge is -2.19. The topological polar surface area (TPSA) is 74.7 Å². The van der Waals surface area contributed by atoms with Gasteiger partial charge in [-0.05, 0) is 18.2 Å². The number of carboxylic acid groups (broad SMARTS) is 1. The van der Waals surface area contributed by atoms with Crippen LogP contribution in [0.1, 0.15) is 30.6 Å². The highest BCUT2D eigenvalue weighted by Crippen LogP contribution is 2.37. The van der Waals surface area contributed by atoms with Crippen LogP contribution in [0.5, 0.6) is 0 Å². The summed E-state index contributed by atoms with van der Waals surface area (Å²) in [5.41, 5.74) is -0.750. The number of carbonyl (C=O) groups excluding carboxylic acids is 2. The maximum atomic E-state index is 12.2. The molecule has 0 spiro atoms. The Morgan fingerprint density at radius 3 is 2.47 bits per heavy atom. The standard InChI is InChI=1S/C13H12BrNO4/c1-13(2)6-10(16)15(12(13)19)9-5-7(14)3-4-8(9)11(17)18/h3-5H,6H2,1-2H3,(H,17,18). The van der Waals surface area contributed by atoms with E-state index in [2.05, 4.69) is 15.9 Å². The van der Waals surface area contributed by atoms with Gasteiger partial charge in [0.2, 0.25) is 11.8 Å². The molecule has 0 saturated carbocycles. The molecular weight excluding hydrogens is 314 g/mol. The van der Waals surface area contributed by atoms with Crippen molar-refractivity contribution in [2.75, 3.05) is 4.90 Å². The van der Waals surface area contributed by atoms with Gasteiger partial charge in [-0.15, -0.1) is 0 Å². The number of halogens is 1. The largest absolute Gasteiger partial charge is 0.478 e. The lowest BCUT2D eigenvalue weighted by Crippen LogP contribution is -2.34. The van der Waals surface area contributed by atoms with Crippen LogP contribution in [0.25, 0.3) is 0 Å². The number of anilines is 1. The molecule has 5 nitrogen and oxygen atoms in total. The summed E-state index contributed by atoms with van der Waals surface area (Å²) in [7, 11) is 0. The molecule has 0 unspecified atom stereocenters. The van der Waals surface area contributed by atoms with E-state index in [-0.39, 0.29) is 29.5 Å². The van der Waals surface area contributed by atoms with Crippen molar-refractivity contribution in [3.05, 3.63) is 28.2 Å². The first-order chi connectivity index (χ1) is 8.74. The first-order valence-electron chi connectivity index (χ1n) is 5.64. The van der Waals surface area contributed by atoms with Crippen LogP contribution in [-0.4, -0.2) is 22.9 Å². The molecular formula is C13H12BrNO4. The molecule has 6 heteroatoms. The van der Waals surface area contributed by atoms with Crippen molar-refractivity contribution in [3.8, 4) is 0 Å². The van der Waals surface area contributed by atoms with Gasteiger partial charge >= 0.3 is 5.97 Å². The van der Waals surface area contributed by atoms with Gasteiger partial charge < -0.3 is 5.11 Å². The fraction of sp³-hybridized carbons (Fsp3) is 0.308. The Balaban J connectivity index is 2.59. The zero-order valence-corrected chi connectivity index (χ0v) is 12.0. The van der Waals surface area contributed by atoms with Gasteiger partial charge in [0.25, 0.3) is 0 Å². The van der Waals surface area contributed by atoms with E-state index in [9.17, 15) is 14.4 Å². The van der Waals surface area contributed by atoms with Gasteiger partial charge in [-0.25, -0.2) is 9.69 Å². The van der Waals surface area contributed by atoms with E-state index < -0.39 is 11.4 Å². The number of imide groups is 1. The number of hydrogen-bond acceptors (Lipinski definition) is 3. The van der Waals surface area contributed by atoms with E-state index in [4.69, 9.17) is 5.11 Å². The molecule has 19 heavy (non-hydrogen) atoms. The molecule has 1 N–H and O–H groups in total. The van der Waals surface area contributed by atoms with Crippen molar-refractivity contribution in [2.45, 2.75) is 20.3 Å². The van der Waals surface area contributed by atoms with Gasteiger partial charge in [0.05, 0.1) is 16.7 Å². The first-order valence-corrected chi connectivity index (χ1v) is 6.43. The molecule has 0 atom stereocenters. The molecule has 1 aromatic rings. The summed E-state index contributed by atoms with van der Waals surface area (Å²) in [4.78, 5) is 36.4. The van der Waals surface area contributed by atoms with Gasteiger partial charge in [0.1, 0.15) is 0 Å².